The number of hydrogen-bond donors (Lipinski definition) is 3. The molecule has 2 aromatic heterocycles. The number of benzene rings is 3. The highest BCUT2D eigenvalue weighted by atomic mass is 35.5. The summed E-state index contributed by atoms with van der Waals surface area (Å²) in [6, 6.07) is 14.0. The van der Waals surface area contributed by atoms with E-state index in [0.717, 1.165) is 30.3 Å². The molecule has 286 valence electrons. The van der Waals surface area contributed by atoms with Crippen molar-refractivity contribution in [1.29, 1.82) is 5.26 Å². The van der Waals surface area contributed by atoms with Crippen LogP contribution in [0.4, 0.5) is 23.7 Å². The smallest absolute Gasteiger partial charge is 0.411 e. The monoisotopic (exact) mass is 805 g/mol. The number of halogens is 5. The number of amides is 1. The van der Waals surface area contributed by atoms with E-state index in [-0.39, 0.29) is 62.2 Å². The van der Waals surface area contributed by atoms with Crippen molar-refractivity contribution in [2.24, 2.45) is 0 Å². The summed E-state index contributed by atoms with van der Waals surface area (Å²) in [6.45, 7) is 1.06. The van der Waals surface area contributed by atoms with Gasteiger partial charge in [-0.05, 0) is 56.6 Å². The van der Waals surface area contributed by atoms with Crippen molar-refractivity contribution >= 4 is 41.5 Å². The maximum atomic E-state index is 15.7. The van der Waals surface area contributed by atoms with E-state index in [2.05, 4.69) is 21.6 Å². The largest absolute Gasteiger partial charge is 1.00 e. The van der Waals surface area contributed by atoms with Gasteiger partial charge in [-0.25, -0.2) is 27.5 Å². The summed E-state index contributed by atoms with van der Waals surface area (Å²) >= 11 is 1.20. The molecule has 3 atom stereocenters. The fraction of sp³-hybridized carbons (Fsp3) is 0.278. The fourth-order valence-electron chi connectivity index (χ4n) is 5.69. The van der Waals surface area contributed by atoms with E-state index >= 15 is 4.39 Å². The quantitative estimate of drug-likeness (QED) is 0.113. The number of nitrogens with zero attached hydrogens (tertiary/aromatic N) is 5. The highest BCUT2D eigenvalue weighted by molar-refractivity contribution is 7.10. The zero-order valence-electron chi connectivity index (χ0n) is 29.1. The Balaban J connectivity index is 0.00000392. The molecule has 0 spiro atoms. The van der Waals surface area contributed by atoms with Gasteiger partial charge in [-0.1, -0.05) is 25.1 Å². The van der Waals surface area contributed by atoms with Crippen LogP contribution in [0.25, 0.3) is 11.3 Å². The Morgan fingerprint density at radius 1 is 1.09 bits per heavy atom. The second-order valence-corrected chi connectivity index (χ2v) is 13.0. The first-order valence-corrected chi connectivity index (χ1v) is 16.8. The van der Waals surface area contributed by atoms with Gasteiger partial charge in [-0.3, -0.25) is 15.0 Å². The second kappa shape index (κ2) is 19.3. The number of nitrogens with one attached hydrogen (secondary N) is 2. The Labute approximate surface area is 325 Å². The molecule has 0 aliphatic heterocycles. The summed E-state index contributed by atoms with van der Waals surface area (Å²) in [5.41, 5.74) is -0.504. The van der Waals surface area contributed by atoms with Crippen molar-refractivity contribution in [3.63, 3.8) is 0 Å². The Kier molecular flexibility index (Phi) is 15.5. The van der Waals surface area contributed by atoms with Gasteiger partial charge in [0.2, 0.25) is 6.33 Å². The van der Waals surface area contributed by atoms with Gasteiger partial charge >= 0.3 is 12.1 Å². The number of aliphatic hydroxyl groups is 1. The number of anilines is 1. The molecule has 0 saturated heterocycles. The van der Waals surface area contributed by atoms with Crippen molar-refractivity contribution < 1.29 is 54.3 Å². The average Bonchev–Trinajstić information content (AvgIpc) is 3.84. The Bertz CT molecular complexity index is 2070. The van der Waals surface area contributed by atoms with Crippen molar-refractivity contribution in [1.82, 2.24) is 20.1 Å². The summed E-state index contributed by atoms with van der Waals surface area (Å²) in [6.07, 6.45) is 1.64. The highest BCUT2D eigenvalue weighted by Crippen LogP contribution is 2.46. The molecular formula is C36H36Cl2F3N7O5S. The van der Waals surface area contributed by atoms with Crippen molar-refractivity contribution in [3.05, 3.63) is 118 Å². The molecule has 0 fully saturated rings. The maximum Gasteiger partial charge on any atom is 0.411 e. The van der Waals surface area contributed by atoms with E-state index in [1.165, 1.54) is 34.6 Å². The predicted octanol–water partition coefficient (Wildman–Crippen LogP) is 3.01. The molecule has 0 aliphatic carbocycles. The van der Waals surface area contributed by atoms with Crippen molar-refractivity contribution in [3.8, 4) is 17.3 Å². The number of aromatic amines is 1. The molecule has 12 nitrogen and oxygen atoms in total. The van der Waals surface area contributed by atoms with E-state index in [1.807, 2.05) is 0 Å². The normalized spacial score (nSPS) is 13.0. The number of likely N-dealkylation sites (N-methyl/N-ethyl adjacent to an activating group) is 1. The van der Waals surface area contributed by atoms with Crippen LogP contribution in [-0.4, -0.2) is 64.5 Å². The van der Waals surface area contributed by atoms with Gasteiger partial charge in [0.25, 0.3) is 6.33 Å². The second-order valence-electron chi connectivity index (χ2n) is 12.1. The molecule has 5 rings (SSSR count). The molecule has 0 aliphatic rings. The number of thiazole rings is 1. The molecule has 0 radical (unpaired) electrons. The lowest BCUT2D eigenvalue weighted by Crippen LogP contribution is -3.00. The molecule has 1 unspecified atom stereocenters. The van der Waals surface area contributed by atoms with Crippen LogP contribution >= 0.6 is 23.7 Å². The lowest BCUT2D eigenvalue weighted by Gasteiger charge is -2.39. The Morgan fingerprint density at radius 3 is 2.46 bits per heavy atom. The summed E-state index contributed by atoms with van der Waals surface area (Å²) in [5, 5.41) is 33.1. The van der Waals surface area contributed by atoms with Crippen LogP contribution in [0.15, 0.2) is 78.7 Å². The molecule has 18 heteroatoms. The molecular weight excluding hydrogens is 770 g/mol. The molecule has 3 aromatic carbocycles. The first-order valence-electron chi connectivity index (χ1n) is 15.9. The standard InChI is InChI=1S/C36H34F3N7O5S.2ClH/c1-22(34-43-31(19-52-34)24-6-4-23(16-40)5-7-24)36(49,28-14-26(37)10-11-29(28)39)32(46-20-41-42-21-46)12-13-50-35(48)44-30-15-27(38)9-8-25(30)18-51-33(47)17-45(2)3;;/h4-11,14-15,19-22,32,49H,12-13,17-18H2,1-3H3,(H,44,48);2*1H/t22-,32?,36+;;/m1../s1. The number of carbonyl (C=O) groups excluding carboxylic acids is 2. The van der Waals surface area contributed by atoms with E-state index in [9.17, 15) is 23.5 Å². The van der Waals surface area contributed by atoms with Crippen LogP contribution in [0.1, 0.15) is 47.0 Å². The topological polar surface area (TPSA) is 157 Å². The third-order valence-electron chi connectivity index (χ3n) is 8.33. The first kappa shape index (κ1) is 43.4. The van der Waals surface area contributed by atoms with E-state index in [1.54, 1.807) is 55.6 Å². The zero-order chi connectivity index (χ0) is 37.4. The molecule has 5 aromatic rings. The summed E-state index contributed by atoms with van der Waals surface area (Å²) in [7, 11) is 3.39. The van der Waals surface area contributed by atoms with E-state index in [4.69, 9.17) is 19.7 Å². The van der Waals surface area contributed by atoms with Crippen LogP contribution in [0, 0.1) is 28.8 Å². The molecule has 2 heterocycles. The number of hydrogen-bond acceptors (Lipinski definition) is 10. The molecule has 54 heavy (non-hydrogen) atoms. The molecule has 3 N–H and O–H groups in total. The number of carbonyl (C=O) groups is 2. The zero-order valence-corrected chi connectivity index (χ0v) is 31.5. The van der Waals surface area contributed by atoms with Crippen LogP contribution < -0.4 is 22.3 Å². The number of aromatic nitrogens is 4. The third kappa shape index (κ3) is 10.3. The van der Waals surface area contributed by atoms with Gasteiger partial charge in [0.05, 0.1) is 41.2 Å². The van der Waals surface area contributed by atoms with E-state index in [0.29, 0.717) is 27.4 Å². The minimum atomic E-state index is -2.20. The number of rotatable bonds is 14. The average molecular weight is 807 g/mol. The number of ether oxygens (including phenoxy) is 2. The van der Waals surface area contributed by atoms with Gasteiger partial charge in [0, 0.05) is 39.5 Å². The van der Waals surface area contributed by atoms with Gasteiger partial charge in [-0.2, -0.15) is 5.26 Å². The van der Waals surface area contributed by atoms with E-state index < -0.39 is 47.1 Å². The predicted molar refractivity (Wildman–Crippen MR) is 190 cm³/mol. The number of nitriles is 1. The fourth-order valence-corrected chi connectivity index (χ4v) is 6.65. The SMILES string of the molecule is C[C@H](c1nc(-c2ccc(C#N)cc2)cs1)[C@](O)(c1cc(F)ccc1F)C(CCOC(=O)Nc1cc(F)ccc1COC(=O)CN(C)C)[n+]1cn[nH]c1.Cl.[Cl-]. The van der Waals surface area contributed by atoms with Crippen molar-refractivity contribution in [2.45, 2.75) is 37.5 Å². The molecule has 0 saturated carbocycles. The molecule has 1 amide bonds. The lowest BCUT2D eigenvalue weighted by molar-refractivity contribution is -0.741. The van der Waals surface area contributed by atoms with Gasteiger partial charge in [0.15, 0.2) is 0 Å². The minimum Gasteiger partial charge on any atom is -1.00 e. The first-order chi connectivity index (χ1) is 24.9. The summed E-state index contributed by atoms with van der Waals surface area (Å²) in [4.78, 5) is 31.4. The lowest BCUT2D eigenvalue weighted by atomic mass is 9.75. The number of esters is 1. The third-order valence-corrected chi connectivity index (χ3v) is 9.36. The van der Waals surface area contributed by atoms with Crippen LogP contribution in [0.2, 0.25) is 0 Å². The van der Waals surface area contributed by atoms with Crippen molar-refractivity contribution in [2.75, 3.05) is 32.6 Å². The van der Waals surface area contributed by atoms with Crippen LogP contribution in [-0.2, 0) is 26.5 Å². The van der Waals surface area contributed by atoms with Gasteiger partial charge < -0.3 is 27.0 Å². The summed E-state index contributed by atoms with van der Waals surface area (Å²) in [5.74, 6) is -3.81. The van der Waals surface area contributed by atoms with Crippen LogP contribution in [0.5, 0.6) is 0 Å². The van der Waals surface area contributed by atoms with Gasteiger partial charge in [-0.15, -0.1) is 28.8 Å². The number of H-pyrrole nitrogens is 1. The Hall–Kier alpha value is -5.05. The minimum absolute atomic E-state index is 0. The highest BCUT2D eigenvalue weighted by Gasteiger charge is 2.50. The Morgan fingerprint density at radius 2 is 1.80 bits per heavy atom. The van der Waals surface area contributed by atoms with Gasteiger partial charge in [0.1, 0.15) is 35.7 Å². The maximum absolute atomic E-state index is 15.7. The summed E-state index contributed by atoms with van der Waals surface area (Å²) < 4.78 is 56.7. The van der Waals surface area contributed by atoms with Crippen LogP contribution in [0.3, 0.4) is 0 Å². The molecule has 0 bridgehead atoms.